The Bertz CT molecular complexity index is 1660. The molecule has 3 aromatic heterocycles. The Morgan fingerprint density at radius 2 is 1.62 bits per heavy atom. The smallest absolute Gasteiger partial charge is 0.159 e. The van der Waals surface area contributed by atoms with Gasteiger partial charge < -0.3 is 9.88 Å². The predicted molar refractivity (Wildman–Crippen MR) is 154 cm³/mol. The fourth-order valence-corrected chi connectivity index (χ4v) is 6.12. The standard InChI is InChI=1S/C31H27N5S/c1-2-4-26(5-3-1)36-16-14-35(15-17-36)21-22-6-8-23(9-7-22)29-19-28-30(37-29)20-33-31(34-28)25-10-11-27-24(18-25)12-13-32-27/h1-13,18-20,32H,14-17,21H2. The number of nitrogens with zero attached hydrogens (tertiary/aromatic N) is 4. The summed E-state index contributed by atoms with van der Waals surface area (Å²) in [6.07, 6.45) is 3.91. The fraction of sp³-hybridized carbons (Fsp3) is 0.161. The molecule has 1 N–H and O–H groups in total. The number of aromatic amines is 1. The molecule has 1 saturated heterocycles. The molecule has 4 heterocycles. The molecule has 0 spiro atoms. The lowest BCUT2D eigenvalue weighted by Gasteiger charge is -2.36. The first-order chi connectivity index (χ1) is 18.3. The number of rotatable bonds is 5. The quantitative estimate of drug-likeness (QED) is 0.281. The molecule has 37 heavy (non-hydrogen) atoms. The summed E-state index contributed by atoms with van der Waals surface area (Å²) in [5.41, 5.74) is 7.08. The first-order valence-electron chi connectivity index (χ1n) is 12.7. The maximum Gasteiger partial charge on any atom is 0.159 e. The van der Waals surface area contributed by atoms with Gasteiger partial charge in [0.05, 0.1) is 10.2 Å². The summed E-state index contributed by atoms with van der Waals surface area (Å²) in [6, 6.07) is 30.3. The average Bonchev–Trinajstić information content (AvgIpc) is 3.61. The molecule has 5 nitrogen and oxygen atoms in total. The molecule has 0 unspecified atom stereocenters. The highest BCUT2D eigenvalue weighted by Crippen LogP contribution is 2.34. The fourth-order valence-electron chi connectivity index (χ4n) is 5.15. The zero-order chi connectivity index (χ0) is 24.6. The van der Waals surface area contributed by atoms with Crippen LogP contribution in [-0.2, 0) is 6.54 Å². The third-order valence-electron chi connectivity index (χ3n) is 7.22. The molecule has 0 radical (unpaired) electrons. The number of piperazine rings is 1. The van der Waals surface area contributed by atoms with E-state index in [4.69, 9.17) is 4.98 Å². The van der Waals surface area contributed by atoms with Gasteiger partial charge in [-0.25, -0.2) is 9.97 Å². The lowest BCUT2D eigenvalue weighted by molar-refractivity contribution is 0.250. The highest BCUT2D eigenvalue weighted by atomic mass is 32.1. The average molecular weight is 502 g/mol. The van der Waals surface area contributed by atoms with Gasteiger partial charge in [-0.3, -0.25) is 4.90 Å². The van der Waals surface area contributed by atoms with Crippen molar-refractivity contribution in [1.82, 2.24) is 19.9 Å². The molecule has 0 aliphatic carbocycles. The highest BCUT2D eigenvalue weighted by molar-refractivity contribution is 7.22. The minimum absolute atomic E-state index is 0.766. The van der Waals surface area contributed by atoms with Gasteiger partial charge in [-0.2, -0.15) is 0 Å². The van der Waals surface area contributed by atoms with Gasteiger partial charge in [-0.1, -0.05) is 42.5 Å². The topological polar surface area (TPSA) is 48.0 Å². The summed E-state index contributed by atoms with van der Waals surface area (Å²) < 4.78 is 1.11. The van der Waals surface area contributed by atoms with Crippen molar-refractivity contribution in [3.05, 3.63) is 103 Å². The van der Waals surface area contributed by atoms with E-state index < -0.39 is 0 Å². The Hall–Kier alpha value is -4.00. The van der Waals surface area contributed by atoms with Gasteiger partial charge in [0.25, 0.3) is 0 Å². The van der Waals surface area contributed by atoms with Crippen molar-refractivity contribution in [2.45, 2.75) is 6.54 Å². The number of benzene rings is 3. The van der Waals surface area contributed by atoms with E-state index in [9.17, 15) is 0 Å². The summed E-state index contributed by atoms with van der Waals surface area (Å²) >= 11 is 1.75. The van der Waals surface area contributed by atoms with Crippen molar-refractivity contribution in [2.75, 3.05) is 31.1 Å². The Labute approximate surface area is 220 Å². The highest BCUT2D eigenvalue weighted by Gasteiger charge is 2.17. The van der Waals surface area contributed by atoms with E-state index in [0.717, 1.165) is 59.8 Å². The second kappa shape index (κ2) is 9.47. The molecule has 1 fully saturated rings. The monoisotopic (exact) mass is 501 g/mol. The van der Waals surface area contributed by atoms with Crippen LogP contribution in [0.1, 0.15) is 5.56 Å². The van der Waals surface area contributed by atoms with Crippen LogP contribution in [0.5, 0.6) is 0 Å². The van der Waals surface area contributed by atoms with Gasteiger partial charge >= 0.3 is 0 Å². The van der Waals surface area contributed by atoms with Crippen LogP contribution in [0.2, 0.25) is 0 Å². The van der Waals surface area contributed by atoms with Crippen molar-refractivity contribution < 1.29 is 0 Å². The second-order valence-corrected chi connectivity index (χ2v) is 10.7. The largest absolute Gasteiger partial charge is 0.369 e. The maximum absolute atomic E-state index is 4.88. The number of H-pyrrole nitrogens is 1. The molecular weight excluding hydrogens is 474 g/mol. The SMILES string of the molecule is c1ccc(N2CCN(Cc3ccc(-c4cc5nc(-c6ccc7[nH]ccc7c6)ncc5s4)cc3)CC2)cc1. The van der Waals surface area contributed by atoms with E-state index >= 15 is 0 Å². The molecule has 0 saturated carbocycles. The normalized spacial score (nSPS) is 14.5. The third-order valence-corrected chi connectivity index (χ3v) is 8.33. The van der Waals surface area contributed by atoms with Gasteiger partial charge in [-0.05, 0) is 53.6 Å². The van der Waals surface area contributed by atoms with E-state index in [-0.39, 0.29) is 0 Å². The number of nitrogens with one attached hydrogen (secondary N) is 1. The molecule has 7 rings (SSSR count). The molecule has 6 aromatic rings. The van der Waals surface area contributed by atoms with E-state index in [0.29, 0.717) is 0 Å². The molecule has 6 heteroatoms. The van der Waals surface area contributed by atoms with Crippen molar-refractivity contribution in [3.63, 3.8) is 0 Å². The summed E-state index contributed by atoms with van der Waals surface area (Å²) in [6.45, 7) is 5.32. The molecule has 182 valence electrons. The molecular formula is C31H27N5S. The Morgan fingerprint density at radius 3 is 2.46 bits per heavy atom. The number of thiophene rings is 1. The summed E-state index contributed by atoms with van der Waals surface area (Å²) in [4.78, 5) is 19.0. The number of hydrogen-bond donors (Lipinski definition) is 1. The van der Waals surface area contributed by atoms with Gasteiger partial charge in [0, 0.05) is 72.1 Å². The van der Waals surface area contributed by atoms with Crippen LogP contribution in [0.4, 0.5) is 5.69 Å². The second-order valence-electron chi connectivity index (χ2n) is 9.63. The van der Waals surface area contributed by atoms with E-state index in [1.807, 2.05) is 12.4 Å². The van der Waals surface area contributed by atoms with Gasteiger partial charge in [0.15, 0.2) is 5.82 Å². The minimum atomic E-state index is 0.766. The van der Waals surface area contributed by atoms with Crippen molar-refractivity contribution in [3.8, 4) is 21.8 Å². The van der Waals surface area contributed by atoms with Crippen LogP contribution in [0.15, 0.2) is 97.3 Å². The van der Waals surface area contributed by atoms with E-state index in [1.165, 1.54) is 27.1 Å². The summed E-state index contributed by atoms with van der Waals surface area (Å²) in [5.74, 6) is 0.766. The lowest BCUT2D eigenvalue weighted by atomic mass is 10.1. The van der Waals surface area contributed by atoms with Crippen molar-refractivity contribution in [1.29, 1.82) is 0 Å². The van der Waals surface area contributed by atoms with Crippen molar-refractivity contribution in [2.24, 2.45) is 0 Å². The van der Waals surface area contributed by atoms with Gasteiger partial charge in [0.1, 0.15) is 0 Å². The third kappa shape index (κ3) is 4.50. The van der Waals surface area contributed by atoms with Crippen LogP contribution in [0.3, 0.4) is 0 Å². The van der Waals surface area contributed by atoms with Gasteiger partial charge in [-0.15, -0.1) is 11.3 Å². The number of anilines is 1. The van der Waals surface area contributed by atoms with Crippen LogP contribution in [0, 0.1) is 0 Å². The summed E-state index contributed by atoms with van der Waals surface area (Å²) in [5, 5.41) is 1.17. The van der Waals surface area contributed by atoms with E-state index in [2.05, 4.69) is 105 Å². The zero-order valence-corrected chi connectivity index (χ0v) is 21.3. The zero-order valence-electron chi connectivity index (χ0n) is 20.5. The van der Waals surface area contributed by atoms with Crippen LogP contribution in [-0.4, -0.2) is 46.0 Å². The first kappa shape index (κ1) is 22.2. The van der Waals surface area contributed by atoms with Crippen LogP contribution in [0.25, 0.3) is 42.9 Å². The molecule has 1 aliphatic heterocycles. The maximum atomic E-state index is 4.88. The molecule has 1 aliphatic rings. The van der Waals surface area contributed by atoms with Crippen molar-refractivity contribution >= 4 is 38.1 Å². The van der Waals surface area contributed by atoms with E-state index in [1.54, 1.807) is 11.3 Å². The predicted octanol–water partition coefficient (Wildman–Crippen LogP) is 6.83. The van der Waals surface area contributed by atoms with Gasteiger partial charge in [0.2, 0.25) is 0 Å². The molecule has 3 aromatic carbocycles. The molecule has 0 atom stereocenters. The summed E-state index contributed by atoms with van der Waals surface area (Å²) in [7, 11) is 0. The number of hydrogen-bond acceptors (Lipinski definition) is 5. The van der Waals surface area contributed by atoms with Crippen LogP contribution < -0.4 is 4.90 Å². The first-order valence-corrected chi connectivity index (χ1v) is 13.6. The molecule has 0 bridgehead atoms. The molecule has 0 amide bonds. The Morgan fingerprint density at radius 1 is 0.811 bits per heavy atom. The number of para-hydroxylation sites is 1. The minimum Gasteiger partial charge on any atom is -0.369 e. The lowest BCUT2D eigenvalue weighted by Crippen LogP contribution is -2.45. The number of fused-ring (bicyclic) bond motifs is 2. The Kier molecular flexibility index (Phi) is 5.68. The van der Waals surface area contributed by atoms with Crippen LogP contribution >= 0.6 is 11.3 Å². The number of aromatic nitrogens is 3. The Balaban J connectivity index is 1.04.